The molecule has 6 heteroatoms. The molecule has 2 rings (SSSR count). The van der Waals surface area contributed by atoms with Gasteiger partial charge in [0.05, 0.1) is 5.56 Å². The normalized spacial score (nSPS) is 10.1. The van der Waals surface area contributed by atoms with Gasteiger partial charge >= 0.3 is 0 Å². The minimum atomic E-state index is -0.506. The highest BCUT2D eigenvalue weighted by atomic mass is 79.9. The summed E-state index contributed by atoms with van der Waals surface area (Å²) in [5.41, 5.74) is 6.60. The van der Waals surface area contributed by atoms with Crippen molar-refractivity contribution in [2.45, 2.75) is 4.90 Å². The first-order valence-electron chi connectivity index (χ1n) is 5.67. The topological polar surface area (TPSA) is 72.2 Å². The molecule has 2 aromatic rings. The molecule has 102 valence electrons. The Morgan fingerprint density at radius 1 is 1.10 bits per heavy atom. The number of primary amides is 1. The van der Waals surface area contributed by atoms with E-state index < -0.39 is 5.91 Å². The third-order valence-corrected chi connectivity index (χ3v) is 3.59. The summed E-state index contributed by atoms with van der Waals surface area (Å²) < 4.78 is 0.682. The zero-order valence-corrected chi connectivity index (χ0v) is 12.7. The molecule has 4 nitrogen and oxygen atoms in total. The van der Waals surface area contributed by atoms with Gasteiger partial charge in [0.2, 0.25) is 5.91 Å². The van der Waals surface area contributed by atoms with Crippen LogP contribution in [0.4, 0.5) is 5.69 Å². The quantitative estimate of drug-likeness (QED) is 0.744. The third kappa shape index (κ3) is 3.40. The molecule has 0 saturated carbocycles. The predicted molar refractivity (Wildman–Crippen MR) is 84.3 cm³/mol. The van der Waals surface area contributed by atoms with Crippen molar-refractivity contribution >= 4 is 46.1 Å². The zero-order chi connectivity index (χ0) is 14.7. The van der Waals surface area contributed by atoms with E-state index in [-0.39, 0.29) is 5.91 Å². The number of carbonyl (C=O) groups is 2. The van der Waals surface area contributed by atoms with Crippen LogP contribution >= 0.6 is 28.6 Å². The first-order valence-corrected chi connectivity index (χ1v) is 6.91. The molecule has 3 N–H and O–H groups in total. The first kappa shape index (κ1) is 14.6. The molecule has 20 heavy (non-hydrogen) atoms. The van der Waals surface area contributed by atoms with Gasteiger partial charge in [0.15, 0.2) is 0 Å². The molecule has 2 aromatic carbocycles. The second kappa shape index (κ2) is 6.11. The van der Waals surface area contributed by atoms with Crippen LogP contribution in [-0.4, -0.2) is 11.8 Å². The van der Waals surface area contributed by atoms with Crippen molar-refractivity contribution in [1.29, 1.82) is 0 Å². The van der Waals surface area contributed by atoms with E-state index in [0.717, 1.165) is 0 Å². The summed E-state index contributed by atoms with van der Waals surface area (Å²) in [6, 6.07) is 11.6. The van der Waals surface area contributed by atoms with Gasteiger partial charge in [-0.05, 0) is 58.4 Å². The lowest BCUT2D eigenvalue weighted by molar-refractivity contribution is 0.0998. The molecular formula is C14H11BrN2O2S. The minimum Gasteiger partial charge on any atom is -0.366 e. The molecule has 0 aliphatic heterocycles. The largest absolute Gasteiger partial charge is 0.366 e. The Morgan fingerprint density at radius 2 is 1.75 bits per heavy atom. The molecule has 0 aliphatic rings. The summed E-state index contributed by atoms with van der Waals surface area (Å²) in [5.74, 6) is -0.770. The number of hydrogen-bond acceptors (Lipinski definition) is 3. The third-order valence-electron chi connectivity index (χ3n) is 2.62. The van der Waals surface area contributed by atoms with Crippen molar-refractivity contribution < 1.29 is 9.59 Å². The molecule has 0 radical (unpaired) electrons. The summed E-state index contributed by atoms with van der Waals surface area (Å²) in [6.45, 7) is 0. The van der Waals surface area contributed by atoms with E-state index in [1.165, 1.54) is 0 Å². The minimum absolute atomic E-state index is 0.264. The maximum Gasteiger partial charge on any atom is 0.256 e. The number of hydrogen-bond donors (Lipinski definition) is 3. The number of carbonyl (C=O) groups excluding carboxylic acids is 2. The monoisotopic (exact) mass is 350 g/mol. The molecule has 0 spiro atoms. The maximum absolute atomic E-state index is 12.1. The SMILES string of the molecule is NC(=O)c1ccc(NC(=O)c2cc(S)ccc2Br)cc1. The van der Waals surface area contributed by atoms with Crippen LogP contribution in [0, 0.1) is 0 Å². The number of benzene rings is 2. The number of nitrogens with one attached hydrogen (secondary N) is 1. The molecule has 0 aromatic heterocycles. The van der Waals surface area contributed by atoms with Crippen LogP contribution in [0.5, 0.6) is 0 Å². The van der Waals surface area contributed by atoms with Crippen molar-refractivity contribution in [3.63, 3.8) is 0 Å². The van der Waals surface area contributed by atoms with Crippen molar-refractivity contribution in [3.8, 4) is 0 Å². The van der Waals surface area contributed by atoms with Crippen LogP contribution in [-0.2, 0) is 0 Å². The second-order valence-corrected chi connectivity index (χ2v) is 5.43. The van der Waals surface area contributed by atoms with Gasteiger partial charge in [0.25, 0.3) is 5.91 Å². The van der Waals surface area contributed by atoms with Crippen molar-refractivity contribution in [2.75, 3.05) is 5.32 Å². The van der Waals surface area contributed by atoms with Crippen LogP contribution in [0.2, 0.25) is 0 Å². The average molecular weight is 351 g/mol. The molecule has 2 amide bonds. The first-order chi connectivity index (χ1) is 9.47. The van der Waals surface area contributed by atoms with E-state index >= 15 is 0 Å². The van der Waals surface area contributed by atoms with E-state index in [1.807, 2.05) is 0 Å². The fourth-order valence-corrected chi connectivity index (χ4v) is 2.23. The van der Waals surface area contributed by atoms with Gasteiger partial charge in [0.1, 0.15) is 0 Å². The Hall–Kier alpha value is -1.79. The summed E-state index contributed by atoms with van der Waals surface area (Å²) in [6.07, 6.45) is 0. The lowest BCUT2D eigenvalue weighted by atomic mass is 10.1. The number of rotatable bonds is 3. The van der Waals surface area contributed by atoms with Crippen LogP contribution < -0.4 is 11.1 Å². The smallest absolute Gasteiger partial charge is 0.256 e. The van der Waals surface area contributed by atoms with E-state index in [1.54, 1.807) is 42.5 Å². The van der Waals surface area contributed by atoms with E-state index in [4.69, 9.17) is 5.73 Å². The van der Waals surface area contributed by atoms with Gasteiger partial charge in [-0.2, -0.15) is 0 Å². The Morgan fingerprint density at radius 3 is 2.35 bits per heavy atom. The average Bonchev–Trinajstić information content (AvgIpc) is 2.42. The van der Waals surface area contributed by atoms with Gasteiger partial charge in [-0.3, -0.25) is 9.59 Å². The van der Waals surface area contributed by atoms with E-state index in [0.29, 0.717) is 26.2 Å². The van der Waals surface area contributed by atoms with Crippen molar-refractivity contribution in [1.82, 2.24) is 0 Å². The lowest BCUT2D eigenvalue weighted by Gasteiger charge is -2.08. The summed E-state index contributed by atoms with van der Waals surface area (Å²) >= 11 is 7.53. The molecule has 0 fully saturated rings. The fourth-order valence-electron chi connectivity index (χ4n) is 1.60. The van der Waals surface area contributed by atoms with Gasteiger partial charge in [0, 0.05) is 20.6 Å². The molecule has 0 saturated heterocycles. The zero-order valence-electron chi connectivity index (χ0n) is 10.3. The van der Waals surface area contributed by atoms with Gasteiger partial charge in [-0.1, -0.05) is 0 Å². The highest BCUT2D eigenvalue weighted by molar-refractivity contribution is 9.10. The summed E-state index contributed by atoms with van der Waals surface area (Å²) in [5, 5.41) is 2.74. The van der Waals surface area contributed by atoms with Crippen molar-refractivity contribution in [3.05, 3.63) is 58.1 Å². The van der Waals surface area contributed by atoms with Crippen LogP contribution in [0.1, 0.15) is 20.7 Å². The molecule has 0 aliphatic carbocycles. The van der Waals surface area contributed by atoms with E-state index in [2.05, 4.69) is 33.9 Å². The molecule has 0 heterocycles. The van der Waals surface area contributed by atoms with Gasteiger partial charge in [-0.15, -0.1) is 12.6 Å². The molecular weight excluding hydrogens is 340 g/mol. The fraction of sp³-hybridized carbons (Fsp3) is 0. The maximum atomic E-state index is 12.1. The highest BCUT2D eigenvalue weighted by Crippen LogP contribution is 2.21. The standard InChI is InChI=1S/C14H11BrN2O2S/c15-12-6-5-10(20)7-11(12)14(19)17-9-3-1-8(2-4-9)13(16)18/h1-7,20H,(H2,16,18)(H,17,19). The number of amides is 2. The van der Waals surface area contributed by atoms with Gasteiger partial charge in [-0.25, -0.2) is 0 Å². The molecule has 0 bridgehead atoms. The predicted octanol–water partition coefficient (Wildman–Crippen LogP) is 3.09. The molecule has 0 atom stereocenters. The Bertz CT molecular complexity index is 671. The highest BCUT2D eigenvalue weighted by Gasteiger charge is 2.11. The lowest BCUT2D eigenvalue weighted by Crippen LogP contribution is -2.14. The van der Waals surface area contributed by atoms with Crippen molar-refractivity contribution in [2.24, 2.45) is 5.73 Å². The van der Waals surface area contributed by atoms with E-state index in [9.17, 15) is 9.59 Å². The summed E-state index contributed by atoms with van der Waals surface area (Å²) in [7, 11) is 0. The molecule has 0 unspecified atom stereocenters. The second-order valence-electron chi connectivity index (χ2n) is 4.06. The van der Waals surface area contributed by atoms with Crippen LogP contribution in [0.3, 0.4) is 0 Å². The van der Waals surface area contributed by atoms with Crippen LogP contribution in [0.25, 0.3) is 0 Å². The number of nitrogens with two attached hydrogens (primary N) is 1. The Kier molecular flexibility index (Phi) is 4.46. The number of halogens is 1. The number of thiol groups is 1. The Balaban J connectivity index is 2.19. The Labute approximate surface area is 129 Å². The van der Waals surface area contributed by atoms with Gasteiger partial charge < -0.3 is 11.1 Å². The number of anilines is 1. The van der Waals surface area contributed by atoms with Crippen LogP contribution in [0.15, 0.2) is 51.8 Å². The summed E-state index contributed by atoms with van der Waals surface area (Å²) in [4.78, 5) is 23.8.